The Labute approximate surface area is 158 Å². The van der Waals surface area contributed by atoms with Crippen molar-refractivity contribution in [1.82, 2.24) is 4.90 Å². The number of piperidine rings is 1. The lowest BCUT2D eigenvalue weighted by atomic mass is 9.62. The first kappa shape index (κ1) is 16.6. The Morgan fingerprint density at radius 3 is 2.38 bits per heavy atom. The molecule has 0 spiro atoms. The Balaban J connectivity index is 1.59. The molecule has 2 bridgehead atoms. The van der Waals surface area contributed by atoms with E-state index in [-0.39, 0.29) is 0 Å². The maximum Gasteiger partial charge on any atom is 0.0977 e. The van der Waals surface area contributed by atoms with E-state index in [0.29, 0.717) is 11.8 Å². The Bertz CT molecular complexity index is 688. The Kier molecular flexibility index (Phi) is 4.67. The SMILES string of the molecule is OC1(c2cccc(I)c2)C2CCCC1CN(Cc1ccccc1)C2. The van der Waals surface area contributed by atoms with Gasteiger partial charge in [0.1, 0.15) is 0 Å². The van der Waals surface area contributed by atoms with Crippen LogP contribution < -0.4 is 0 Å². The number of rotatable bonds is 3. The maximum atomic E-state index is 11.7. The van der Waals surface area contributed by atoms with Crippen LogP contribution in [0.25, 0.3) is 0 Å². The molecule has 24 heavy (non-hydrogen) atoms. The van der Waals surface area contributed by atoms with Crippen molar-refractivity contribution in [2.24, 2.45) is 11.8 Å². The van der Waals surface area contributed by atoms with Crippen LogP contribution in [0.1, 0.15) is 30.4 Å². The molecule has 3 heteroatoms. The van der Waals surface area contributed by atoms with Crippen molar-refractivity contribution in [2.45, 2.75) is 31.4 Å². The topological polar surface area (TPSA) is 23.5 Å². The number of fused-ring (bicyclic) bond motifs is 2. The summed E-state index contributed by atoms with van der Waals surface area (Å²) in [6, 6.07) is 19.2. The Morgan fingerprint density at radius 1 is 1.00 bits per heavy atom. The molecule has 2 aromatic carbocycles. The summed E-state index contributed by atoms with van der Waals surface area (Å²) >= 11 is 2.35. The Morgan fingerprint density at radius 2 is 1.71 bits per heavy atom. The molecule has 1 saturated heterocycles. The number of hydrogen-bond donors (Lipinski definition) is 1. The second-order valence-electron chi connectivity index (χ2n) is 7.34. The lowest BCUT2D eigenvalue weighted by Crippen LogP contribution is -2.57. The molecule has 2 nitrogen and oxygen atoms in total. The van der Waals surface area contributed by atoms with Crippen LogP contribution in [0.4, 0.5) is 0 Å². The molecular formula is C21H24INO. The third-order valence-corrected chi connectivity index (χ3v) is 6.51. The second-order valence-corrected chi connectivity index (χ2v) is 8.59. The molecular weight excluding hydrogens is 409 g/mol. The van der Waals surface area contributed by atoms with Crippen LogP contribution in [-0.2, 0) is 12.1 Å². The summed E-state index contributed by atoms with van der Waals surface area (Å²) in [7, 11) is 0. The van der Waals surface area contributed by atoms with Crippen LogP contribution >= 0.6 is 22.6 Å². The highest BCUT2D eigenvalue weighted by atomic mass is 127. The van der Waals surface area contributed by atoms with Gasteiger partial charge in [0.15, 0.2) is 0 Å². The van der Waals surface area contributed by atoms with Crippen LogP contribution in [0.2, 0.25) is 0 Å². The highest BCUT2D eigenvalue weighted by molar-refractivity contribution is 14.1. The molecule has 4 rings (SSSR count). The van der Waals surface area contributed by atoms with Crippen molar-refractivity contribution in [2.75, 3.05) is 13.1 Å². The van der Waals surface area contributed by atoms with Gasteiger partial charge in [-0.2, -0.15) is 0 Å². The molecule has 2 atom stereocenters. The zero-order valence-corrected chi connectivity index (χ0v) is 16.0. The first-order valence-corrected chi connectivity index (χ1v) is 9.99. The van der Waals surface area contributed by atoms with E-state index in [0.717, 1.165) is 38.0 Å². The highest BCUT2D eigenvalue weighted by Gasteiger charge is 2.51. The van der Waals surface area contributed by atoms with Crippen molar-refractivity contribution < 1.29 is 5.11 Å². The summed E-state index contributed by atoms with van der Waals surface area (Å²) < 4.78 is 1.21. The smallest absolute Gasteiger partial charge is 0.0977 e. The van der Waals surface area contributed by atoms with E-state index in [2.05, 4.69) is 82.1 Å². The van der Waals surface area contributed by atoms with Gasteiger partial charge in [-0.3, -0.25) is 4.90 Å². The molecule has 2 aromatic rings. The van der Waals surface area contributed by atoms with Gasteiger partial charge in [-0.05, 0) is 58.7 Å². The van der Waals surface area contributed by atoms with E-state index in [4.69, 9.17) is 0 Å². The fourth-order valence-corrected chi connectivity index (χ4v) is 5.27. The largest absolute Gasteiger partial charge is 0.384 e. The van der Waals surface area contributed by atoms with Crippen LogP contribution in [0.15, 0.2) is 54.6 Å². The monoisotopic (exact) mass is 433 g/mol. The standard InChI is InChI=1S/C21H24INO/c22-20-11-5-8-17(12-20)21(24)18-9-4-10-19(21)15-23(14-18)13-16-6-2-1-3-7-16/h1-3,5-8,11-12,18-19,24H,4,9-10,13-15H2. The van der Waals surface area contributed by atoms with E-state index < -0.39 is 5.60 Å². The minimum atomic E-state index is -0.646. The molecule has 0 radical (unpaired) electrons. The number of aliphatic hydroxyl groups is 1. The number of halogens is 1. The predicted octanol–water partition coefficient (Wildman–Crippen LogP) is 4.41. The number of benzene rings is 2. The Hall–Kier alpha value is -0.910. The van der Waals surface area contributed by atoms with Crippen molar-refractivity contribution in [3.8, 4) is 0 Å². The van der Waals surface area contributed by atoms with Gasteiger partial charge in [0.2, 0.25) is 0 Å². The zero-order chi connectivity index (χ0) is 16.6. The highest BCUT2D eigenvalue weighted by Crippen LogP contribution is 2.49. The molecule has 1 heterocycles. The zero-order valence-electron chi connectivity index (χ0n) is 13.9. The van der Waals surface area contributed by atoms with Gasteiger partial charge in [0.25, 0.3) is 0 Å². The first-order chi connectivity index (χ1) is 11.7. The second kappa shape index (κ2) is 6.77. The number of hydrogen-bond acceptors (Lipinski definition) is 2. The van der Waals surface area contributed by atoms with Crippen LogP contribution in [0.3, 0.4) is 0 Å². The normalized spacial score (nSPS) is 30.2. The van der Waals surface area contributed by atoms with E-state index >= 15 is 0 Å². The summed E-state index contributed by atoms with van der Waals surface area (Å²) in [6.07, 6.45) is 3.51. The summed E-state index contributed by atoms with van der Waals surface area (Å²) in [4.78, 5) is 2.55. The first-order valence-electron chi connectivity index (χ1n) is 8.91. The molecule has 1 aliphatic carbocycles. The molecule has 1 N–H and O–H groups in total. The van der Waals surface area contributed by atoms with E-state index in [1.54, 1.807) is 0 Å². The van der Waals surface area contributed by atoms with Crippen LogP contribution in [0.5, 0.6) is 0 Å². The molecule has 1 aliphatic heterocycles. The lowest BCUT2D eigenvalue weighted by Gasteiger charge is -2.53. The maximum absolute atomic E-state index is 11.7. The quantitative estimate of drug-likeness (QED) is 0.725. The molecule has 0 aromatic heterocycles. The summed E-state index contributed by atoms with van der Waals surface area (Å²) in [5.41, 5.74) is 1.85. The minimum absolute atomic E-state index is 0.340. The van der Waals surface area contributed by atoms with Crippen LogP contribution in [-0.4, -0.2) is 23.1 Å². The van der Waals surface area contributed by atoms with Crippen LogP contribution in [0, 0.1) is 15.4 Å². The minimum Gasteiger partial charge on any atom is -0.384 e. The average Bonchev–Trinajstić information content (AvgIpc) is 2.57. The van der Waals surface area contributed by atoms with Crippen molar-refractivity contribution in [1.29, 1.82) is 0 Å². The number of likely N-dealkylation sites (tertiary alicyclic amines) is 1. The lowest BCUT2D eigenvalue weighted by molar-refractivity contribution is -0.148. The van der Waals surface area contributed by atoms with Gasteiger partial charge in [-0.15, -0.1) is 0 Å². The third-order valence-electron chi connectivity index (χ3n) is 5.84. The van der Waals surface area contributed by atoms with Gasteiger partial charge in [-0.25, -0.2) is 0 Å². The van der Waals surface area contributed by atoms with E-state index in [1.807, 2.05) is 0 Å². The van der Waals surface area contributed by atoms with Crippen molar-refractivity contribution in [3.05, 3.63) is 69.3 Å². The summed E-state index contributed by atoms with van der Waals surface area (Å²) in [5.74, 6) is 0.679. The summed E-state index contributed by atoms with van der Waals surface area (Å²) in [5, 5.41) is 11.7. The molecule has 2 unspecified atom stereocenters. The van der Waals surface area contributed by atoms with Gasteiger partial charge in [-0.1, -0.05) is 48.9 Å². The van der Waals surface area contributed by atoms with Gasteiger partial charge >= 0.3 is 0 Å². The molecule has 1 saturated carbocycles. The van der Waals surface area contributed by atoms with Gasteiger partial charge in [0, 0.05) is 35.0 Å². The fourth-order valence-electron chi connectivity index (χ4n) is 4.72. The third kappa shape index (κ3) is 3.02. The molecule has 0 amide bonds. The summed E-state index contributed by atoms with van der Waals surface area (Å²) in [6.45, 7) is 2.98. The predicted molar refractivity (Wildman–Crippen MR) is 106 cm³/mol. The molecule has 2 aliphatic rings. The van der Waals surface area contributed by atoms with Gasteiger partial charge < -0.3 is 5.11 Å². The average molecular weight is 433 g/mol. The number of nitrogens with zero attached hydrogens (tertiary/aromatic N) is 1. The van der Waals surface area contributed by atoms with Crippen molar-refractivity contribution in [3.63, 3.8) is 0 Å². The van der Waals surface area contributed by atoms with Gasteiger partial charge in [0.05, 0.1) is 5.60 Å². The van der Waals surface area contributed by atoms with E-state index in [9.17, 15) is 5.11 Å². The van der Waals surface area contributed by atoms with Crippen molar-refractivity contribution >= 4 is 22.6 Å². The fraction of sp³-hybridized carbons (Fsp3) is 0.429. The van der Waals surface area contributed by atoms with E-state index in [1.165, 1.54) is 15.6 Å². The molecule has 2 fully saturated rings. The molecule has 126 valence electrons.